The van der Waals surface area contributed by atoms with Gasteiger partial charge >= 0.3 is 5.97 Å². The number of carbonyl (C=O) groups is 9. The van der Waals surface area contributed by atoms with Crippen LogP contribution < -0.4 is 43.4 Å². The van der Waals surface area contributed by atoms with Crippen molar-refractivity contribution in [3.8, 4) is 5.75 Å². The molecular formula is C44H67N9O12S2. The average Bonchev–Trinajstić information content (AvgIpc) is 3.78. The molecule has 2 saturated heterocycles. The number of aromatic hydroxyl groups is 1. The third-order valence-corrected chi connectivity index (χ3v) is 15.7. The molecule has 3 aliphatic rings. The number of carbonyl (C=O) groups excluding carboxylic acids is 8. The maximum Gasteiger partial charge on any atom is 0.326 e. The van der Waals surface area contributed by atoms with Crippen molar-refractivity contribution in [3.63, 3.8) is 0 Å². The Bertz CT molecular complexity index is 1940. The minimum atomic E-state index is -1.74. The largest absolute Gasteiger partial charge is 0.508 e. The van der Waals surface area contributed by atoms with Crippen LogP contribution in [0.4, 0.5) is 0 Å². The number of aliphatic hydroxyl groups excluding tert-OH is 1. The van der Waals surface area contributed by atoms with Crippen molar-refractivity contribution in [2.24, 2.45) is 17.4 Å². The van der Waals surface area contributed by atoms with Gasteiger partial charge in [-0.25, -0.2) is 4.79 Å². The number of hydrogen-bond acceptors (Lipinski definition) is 14. The Hall–Kier alpha value is -5.13. The van der Waals surface area contributed by atoms with Crippen LogP contribution in [0, 0.1) is 5.92 Å². The number of nitrogens with zero attached hydrogens (tertiary/aromatic N) is 1. The number of aliphatic carboxylic acids is 1. The molecular weight excluding hydrogens is 911 g/mol. The molecule has 1 aromatic rings. The molecule has 67 heavy (non-hydrogen) atoms. The molecule has 4 rings (SSSR count). The van der Waals surface area contributed by atoms with Gasteiger partial charge in [0.2, 0.25) is 47.3 Å². The summed E-state index contributed by atoms with van der Waals surface area (Å²) in [5.74, 6) is -8.56. The average molecular weight is 978 g/mol. The van der Waals surface area contributed by atoms with Gasteiger partial charge in [0.25, 0.3) is 0 Å². The normalized spacial score (nSPS) is 26.1. The smallest absolute Gasteiger partial charge is 0.326 e. The number of primary amides is 1. The number of benzene rings is 1. The maximum atomic E-state index is 14.6. The highest BCUT2D eigenvalue weighted by atomic mass is 33.1. The van der Waals surface area contributed by atoms with Crippen LogP contribution in [-0.2, 0) is 49.6 Å². The van der Waals surface area contributed by atoms with E-state index in [2.05, 4.69) is 31.9 Å². The molecule has 0 unspecified atom stereocenters. The summed E-state index contributed by atoms with van der Waals surface area (Å²) >= 11 is 0. The Morgan fingerprint density at radius 2 is 1.52 bits per heavy atom. The van der Waals surface area contributed by atoms with Gasteiger partial charge < -0.3 is 63.6 Å². The molecule has 21 nitrogen and oxygen atoms in total. The topological polar surface area (TPSA) is 342 Å². The van der Waals surface area contributed by atoms with Crippen LogP contribution in [0.1, 0.15) is 103 Å². The monoisotopic (exact) mass is 977 g/mol. The SMILES string of the molecule is CC[C@H](C)[C@@H]1NC(=O)[C@@H](Cc2ccc(O)cc2)NC(=O)CC2(CCCCC2)SSC[C@@H](C(=O)N2CCC[C@H]2C(=O)N[C@@H](CCCN)C(=O)O)NC(=O)[C@H](CC(N)=O)NC(=O)[C@H]([C@@H](C)O)NC1=O. The van der Waals surface area contributed by atoms with E-state index in [0.29, 0.717) is 37.7 Å². The van der Waals surface area contributed by atoms with E-state index < -0.39 is 119 Å². The molecule has 372 valence electrons. The molecule has 0 radical (unpaired) electrons. The summed E-state index contributed by atoms with van der Waals surface area (Å²) < 4.78 is -0.700. The van der Waals surface area contributed by atoms with E-state index >= 15 is 0 Å². The van der Waals surface area contributed by atoms with Gasteiger partial charge in [-0.2, -0.15) is 0 Å². The van der Waals surface area contributed by atoms with Crippen LogP contribution >= 0.6 is 21.6 Å². The predicted octanol–water partition coefficient (Wildman–Crippen LogP) is -0.552. The number of rotatable bonds is 14. The molecule has 9 atom stereocenters. The zero-order chi connectivity index (χ0) is 49.4. The van der Waals surface area contributed by atoms with Crippen molar-refractivity contribution in [2.45, 2.75) is 157 Å². The van der Waals surface area contributed by atoms with Crippen LogP contribution in [0.2, 0.25) is 0 Å². The fraction of sp³-hybridized carbons (Fsp3) is 0.659. The molecule has 0 aromatic heterocycles. The van der Waals surface area contributed by atoms with Crippen molar-refractivity contribution in [1.29, 1.82) is 0 Å². The summed E-state index contributed by atoms with van der Waals surface area (Å²) in [6, 6.07) is -3.65. The maximum absolute atomic E-state index is 14.6. The van der Waals surface area contributed by atoms with Crippen molar-refractivity contribution in [2.75, 3.05) is 18.8 Å². The van der Waals surface area contributed by atoms with Gasteiger partial charge in [0.1, 0.15) is 48.0 Å². The highest BCUT2D eigenvalue weighted by Gasteiger charge is 2.42. The summed E-state index contributed by atoms with van der Waals surface area (Å²) in [6.45, 7) is 4.94. The molecule has 0 bridgehead atoms. The van der Waals surface area contributed by atoms with E-state index in [4.69, 9.17) is 11.5 Å². The number of amides is 8. The van der Waals surface area contributed by atoms with Crippen LogP contribution in [0.15, 0.2) is 24.3 Å². The van der Waals surface area contributed by atoms with E-state index in [9.17, 15) is 58.5 Å². The zero-order valence-electron chi connectivity index (χ0n) is 38.3. The Kier molecular flexibility index (Phi) is 21.0. The molecule has 2 aliphatic heterocycles. The molecule has 1 saturated carbocycles. The van der Waals surface area contributed by atoms with E-state index in [1.165, 1.54) is 45.5 Å². The van der Waals surface area contributed by atoms with Crippen molar-refractivity contribution < 1.29 is 58.5 Å². The van der Waals surface area contributed by atoms with Gasteiger partial charge in [0.15, 0.2) is 0 Å². The van der Waals surface area contributed by atoms with E-state index in [-0.39, 0.29) is 50.3 Å². The lowest BCUT2D eigenvalue weighted by Gasteiger charge is -2.37. The number of nitrogens with one attached hydrogen (secondary N) is 6. The van der Waals surface area contributed by atoms with E-state index in [1.54, 1.807) is 26.0 Å². The van der Waals surface area contributed by atoms with Crippen molar-refractivity contribution in [3.05, 3.63) is 29.8 Å². The summed E-state index contributed by atoms with van der Waals surface area (Å²) in [6.07, 6.45) is 2.55. The standard InChI is InChI=1S/C44H67N9O12S2/c1-4-24(2)35-40(61)52-36(25(3)54)41(62)49-30(21-33(46)56)37(58)50-31(42(63)53-19-9-11-32(53)39(60)48-28(43(64)65)10-8-18-45)23-66-67-44(16-6-5-7-17-44)22-34(57)47-29(38(59)51-35)20-26-12-14-27(55)15-13-26/h12-15,24-25,28-32,35-36,54-55H,4-11,16-23,45H2,1-3H3,(H2,46,56)(H,47,57)(H,48,60)(H,49,62)(H,50,58)(H,51,59)(H,52,61)(H,64,65)/t24-,25+,28-,29+,30-,31-,32-,35-,36-/m0/s1. The second-order valence-electron chi connectivity index (χ2n) is 17.7. The fourth-order valence-electron chi connectivity index (χ4n) is 8.40. The number of aliphatic hydroxyl groups is 1. The number of hydrogen-bond donors (Lipinski definition) is 11. The van der Waals surface area contributed by atoms with Gasteiger partial charge in [-0.1, -0.05) is 73.3 Å². The van der Waals surface area contributed by atoms with Crippen LogP contribution in [-0.4, -0.2) is 145 Å². The molecule has 1 spiro atoms. The molecule has 13 N–H and O–H groups in total. The number of carboxylic acid groups (broad SMARTS) is 1. The Morgan fingerprint density at radius 1 is 0.881 bits per heavy atom. The molecule has 2 heterocycles. The Morgan fingerprint density at radius 3 is 2.13 bits per heavy atom. The first-order valence-electron chi connectivity index (χ1n) is 22.9. The number of phenols is 1. The first-order chi connectivity index (χ1) is 31.8. The Labute approximate surface area is 398 Å². The van der Waals surface area contributed by atoms with Crippen LogP contribution in [0.3, 0.4) is 0 Å². The minimum Gasteiger partial charge on any atom is -0.508 e. The van der Waals surface area contributed by atoms with Gasteiger partial charge in [-0.3, -0.25) is 38.4 Å². The quantitative estimate of drug-likeness (QED) is 0.104. The Balaban J connectivity index is 1.76. The third-order valence-electron chi connectivity index (χ3n) is 12.4. The summed E-state index contributed by atoms with van der Waals surface area (Å²) in [7, 11) is 2.54. The lowest BCUT2D eigenvalue weighted by atomic mass is 9.85. The highest BCUT2D eigenvalue weighted by Crippen LogP contribution is 2.48. The third kappa shape index (κ3) is 16.0. The van der Waals surface area contributed by atoms with E-state index in [0.717, 1.165) is 19.3 Å². The summed E-state index contributed by atoms with van der Waals surface area (Å²) in [5.41, 5.74) is 11.7. The lowest BCUT2D eigenvalue weighted by molar-refractivity contribution is -0.145. The molecule has 1 aliphatic carbocycles. The first kappa shape index (κ1) is 54.5. The number of phenolic OH excluding ortho intramolecular Hbond substituents is 1. The zero-order valence-corrected chi connectivity index (χ0v) is 39.9. The summed E-state index contributed by atoms with van der Waals surface area (Å²) in [5, 5.41) is 46.1. The fourth-order valence-corrected chi connectivity index (χ4v) is 11.8. The van der Waals surface area contributed by atoms with Gasteiger partial charge in [0, 0.05) is 29.9 Å². The summed E-state index contributed by atoms with van der Waals surface area (Å²) in [4.78, 5) is 124. The highest BCUT2D eigenvalue weighted by molar-refractivity contribution is 8.77. The predicted molar refractivity (Wildman–Crippen MR) is 249 cm³/mol. The van der Waals surface area contributed by atoms with Crippen molar-refractivity contribution in [1.82, 2.24) is 36.8 Å². The molecule has 1 aromatic carbocycles. The van der Waals surface area contributed by atoms with Gasteiger partial charge in [-0.15, -0.1) is 0 Å². The van der Waals surface area contributed by atoms with Gasteiger partial charge in [-0.05, 0) is 75.6 Å². The number of likely N-dealkylation sites (tertiary alicyclic amines) is 1. The second kappa shape index (κ2) is 25.9. The van der Waals surface area contributed by atoms with Crippen LogP contribution in [0.5, 0.6) is 5.75 Å². The molecule has 8 amide bonds. The van der Waals surface area contributed by atoms with Gasteiger partial charge in [0.05, 0.1) is 12.5 Å². The van der Waals surface area contributed by atoms with E-state index in [1.807, 2.05) is 0 Å². The lowest BCUT2D eigenvalue weighted by Crippen LogP contribution is -2.63. The minimum absolute atomic E-state index is 0.00875. The van der Waals surface area contributed by atoms with Crippen molar-refractivity contribution >= 4 is 74.8 Å². The number of nitrogens with two attached hydrogens (primary N) is 2. The van der Waals surface area contributed by atoms with Crippen LogP contribution in [0.25, 0.3) is 0 Å². The molecule has 23 heteroatoms. The number of carboxylic acids is 1. The first-order valence-corrected chi connectivity index (χ1v) is 25.2. The second-order valence-corrected chi connectivity index (χ2v) is 20.5. The molecule has 3 fully saturated rings.